The van der Waals surface area contributed by atoms with Gasteiger partial charge in [0.15, 0.2) is 0 Å². The van der Waals surface area contributed by atoms with Gasteiger partial charge >= 0.3 is 23.9 Å². The largest absolute Gasteiger partial charge is 0.464 e. The molecule has 16 nitrogen and oxygen atoms in total. The fourth-order valence-corrected chi connectivity index (χ4v) is 19.2. The predicted octanol–water partition coefficient (Wildman–Crippen LogP) is 14.5. The Morgan fingerprint density at radius 1 is 0.290 bits per heavy atom. The Hall–Kier alpha value is -2.84. The third-order valence-electron chi connectivity index (χ3n) is 21.5. The minimum absolute atomic E-state index is 0.00172. The van der Waals surface area contributed by atoms with E-state index >= 15 is 19.2 Å². The molecule has 0 saturated heterocycles. The fourth-order valence-electron chi connectivity index (χ4n) is 14.1. The van der Waals surface area contributed by atoms with E-state index in [4.69, 9.17) is 18.9 Å². The van der Waals surface area contributed by atoms with E-state index < -0.39 is 51.0 Å². The highest BCUT2D eigenvalue weighted by Crippen LogP contribution is 2.45. The van der Waals surface area contributed by atoms with E-state index in [1.165, 1.54) is 0 Å². The summed E-state index contributed by atoms with van der Waals surface area (Å²) >= 11 is 7.48. The molecule has 20 heteroatoms. The number of thioether (sulfide) groups is 4. The second-order valence-corrected chi connectivity index (χ2v) is 36.7. The number of nitrogens with zero attached hydrogens (tertiary/aromatic N) is 4. The van der Waals surface area contributed by atoms with Crippen LogP contribution in [0, 0.1) is 50.7 Å². The van der Waals surface area contributed by atoms with Crippen LogP contribution in [0.5, 0.6) is 0 Å². The molecule has 536 valence electrons. The summed E-state index contributed by atoms with van der Waals surface area (Å²) in [4.78, 5) is 116. The van der Waals surface area contributed by atoms with Crippen molar-refractivity contribution >= 4 is 94.6 Å². The van der Waals surface area contributed by atoms with Crippen molar-refractivity contribution in [3.63, 3.8) is 0 Å². The SMILES string of the molecule is CN(C)C(=O)CCSC1CCCC(C(C)(C)C(=O)OCC(COC(=O)C(C)(C)C2CCCC(SCCC(=O)N(C)C)CCC2)(COC(=O)C(C)(C)C2CCCC(SCCC(=O)N(C)C)CCC2)COC(=O)C(C)(C)C2CCCCC(SCCC(=O)N(C)C)CC2)CCC1. The number of carbonyl (C=O) groups is 8. The Bertz CT molecular complexity index is 2130. The summed E-state index contributed by atoms with van der Waals surface area (Å²) in [6, 6.07) is 0. The van der Waals surface area contributed by atoms with Crippen molar-refractivity contribution in [2.45, 2.75) is 256 Å². The van der Waals surface area contributed by atoms with Gasteiger partial charge in [-0.15, -0.1) is 0 Å². The number of esters is 4. The number of hydrogen-bond donors (Lipinski definition) is 0. The first-order valence-corrected chi connectivity index (χ1v) is 39.9. The van der Waals surface area contributed by atoms with Crippen LogP contribution in [0.3, 0.4) is 0 Å². The van der Waals surface area contributed by atoms with Crippen molar-refractivity contribution in [3.8, 4) is 0 Å². The van der Waals surface area contributed by atoms with Crippen molar-refractivity contribution in [1.29, 1.82) is 0 Å². The van der Waals surface area contributed by atoms with Crippen LogP contribution in [-0.2, 0) is 57.3 Å². The molecule has 0 bridgehead atoms. The van der Waals surface area contributed by atoms with Gasteiger partial charge in [-0.25, -0.2) is 0 Å². The zero-order valence-corrected chi connectivity index (χ0v) is 64.2. The number of hydrogen-bond acceptors (Lipinski definition) is 16. The van der Waals surface area contributed by atoms with Crippen LogP contribution in [0.25, 0.3) is 0 Å². The average molecular weight is 1380 g/mol. The third-order valence-corrected chi connectivity index (χ3v) is 27.1. The molecule has 0 aromatic rings. The summed E-state index contributed by atoms with van der Waals surface area (Å²) in [7, 11) is 14.3. The minimum atomic E-state index is -1.49. The van der Waals surface area contributed by atoms with E-state index in [9.17, 15) is 19.2 Å². The summed E-state index contributed by atoms with van der Waals surface area (Å²) in [6.45, 7) is 14.4. The van der Waals surface area contributed by atoms with Crippen LogP contribution < -0.4 is 0 Å². The second-order valence-electron chi connectivity index (χ2n) is 31.1. The first kappa shape index (κ1) is 82.6. The Morgan fingerprint density at radius 3 is 0.720 bits per heavy atom. The number of rotatable bonds is 32. The highest BCUT2D eigenvalue weighted by Gasteiger charge is 2.48. The summed E-state index contributed by atoms with van der Waals surface area (Å²) in [5.41, 5.74) is -5.13. The number of ether oxygens (including phenoxy) is 4. The first-order valence-electron chi connectivity index (χ1n) is 35.7. The lowest BCUT2D eigenvalue weighted by molar-refractivity contribution is -0.186. The van der Waals surface area contributed by atoms with Crippen LogP contribution in [0.1, 0.15) is 235 Å². The first-order chi connectivity index (χ1) is 43.7. The van der Waals surface area contributed by atoms with E-state index in [0.717, 1.165) is 177 Å². The summed E-state index contributed by atoms with van der Waals surface area (Å²) < 4.78 is 26.3. The Kier molecular flexibility index (Phi) is 35.8. The van der Waals surface area contributed by atoms with Gasteiger partial charge < -0.3 is 38.5 Å². The summed E-state index contributed by atoms with van der Waals surface area (Å²) in [5, 5.41) is 1.72. The molecular weight excluding hydrogens is 1250 g/mol. The van der Waals surface area contributed by atoms with Gasteiger partial charge in [-0.3, -0.25) is 38.4 Å². The molecule has 0 radical (unpaired) electrons. The molecule has 4 amide bonds. The molecule has 0 aromatic heterocycles. The zero-order valence-electron chi connectivity index (χ0n) is 60.9. The normalized spacial score (nSPS) is 24.0. The van der Waals surface area contributed by atoms with Gasteiger partial charge in [-0.2, -0.15) is 47.0 Å². The maximum Gasteiger partial charge on any atom is 0.311 e. The minimum Gasteiger partial charge on any atom is -0.464 e. The van der Waals surface area contributed by atoms with Crippen molar-refractivity contribution < 1.29 is 57.3 Å². The lowest BCUT2D eigenvalue weighted by Crippen LogP contribution is -2.49. The van der Waals surface area contributed by atoms with Gasteiger partial charge in [-0.1, -0.05) is 51.4 Å². The van der Waals surface area contributed by atoms with Gasteiger partial charge in [0.1, 0.15) is 31.8 Å². The van der Waals surface area contributed by atoms with E-state index in [1.54, 1.807) is 76.0 Å². The third kappa shape index (κ3) is 27.4. The van der Waals surface area contributed by atoms with Crippen molar-refractivity contribution in [3.05, 3.63) is 0 Å². The van der Waals surface area contributed by atoms with Gasteiger partial charge in [0.25, 0.3) is 0 Å². The van der Waals surface area contributed by atoms with Gasteiger partial charge in [-0.05, 0) is 182 Å². The molecule has 0 aromatic carbocycles. The monoisotopic (exact) mass is 1380 g/mol. The van der Waals surface area contributed by atoms with E-state index in [2.05, 4.69) is 0 Å². The highest BCUT2D eigenvalue weighted by atomic mass is 32.2. The van der Waals surface area contributed by atoms with Crippen LogP contribution in [0.15, 0.2) is 0 Å². The van der Waals surface area contributed by atoms with Gasteiger partial charge in [0, 0.05) is 126 Å². The van der Waals surface area contributed by atoms with Crippen molar-refractivity contribution in [2.75, 3.05) is 106 Å². The van der Waals surface area contributed by atoms with E-state index in [1.807, 2.05) is 102 Å². The van der Waals surface area contributed by atoms with Crippen LogP contribution in [-0.4, -0.2) is 194 Å². The number of carbonyl (C=O) groups excluding carboxylic acids is 8. The smallest absolute Gasteiger partial charge is 0.311 e. The lowest BCUT2D eigenvalue weighted by atomic mass is 9.72. The molecular formula is C73H128N4O12S4. The van der Waals surface area contributed by atoms with Crippen LogP contribution in [0.4, 0.5) is 0 Å². The Labute approximate surface area is 580 Å². The van der Waals surface area contributed by atoms with Crippen molar-refractivity contribution in [1.82, 2.24) is 19.6 Å². The summed E-state index contributed by atoms with van der Waals surface area (Å²) in [5.74, 6) is 2.05. The lowest BCUT2D eigenvalue weighted by Gasteiger charge is -2.40. The maximum atomic E-state index is 15.1. The Morgan fingerprint density at radius 2 is 0.484 bits per heavy atom. The molecule has 0 aliphatic heterocycles. The average Bonchev–Trinajstić information content (AvgIpc) is 0.850. The molecule has 4 aliphatic rings. The zero-order chi connectivity index (χ0) is 69.2. The maximum absolute atomic E-state index is 15.1. The van der Waals surface area contributed by atoms with Crippen molar-refractivity contribution in [2.24, 2.45) is 50.7 Å². The molecule has 4 aliphatic carbocycles. The molecule has 2 atom stereocenters. The summed E-state index contributed by atoms with van der Waals surface area (Å²) in [6.07, 6.45) is 24.3. The second kappa shape index (κ2) is 40.3. The quantitative estimate of drug-likeness (QED) is 0.0457. The number of amides is 4. The molecule has 4 fully saturated rings. The van der Waals surface area contributed by atoms with Crippen LogP contribution >= 0.6 is 47.0 Å². The molecule has 0 heterocycles. The predicted molar refractivity (Wildman–Crippen MR) is 384 cm³/mol. The van der Waals surface area contributed by atoms with E-state index in [0.29, 0.717) is 46.7 Å². The van der Waals surface area contributed by atoms with Gasteiger partial charge in [0.05, 0.1) is 21.7 Å². The fraction of sp³-hybridized carbons (Fsp3) is 0.890. The molecule has 0 spiro atoms. The standard InChI is InChI=1S/C73H128N4O12S4/c1-69(2,53-26-19-33-57(34-20-27-53)90-45-41-61(78)74(9)10)65(82)86-49-73(50-87-66(83)70(3,4)54-28-21-35-58(36-22-29-54)91-46-42-62(79)75(11)12,51-88-67(84)71(5,6)55-30-23-37-59(38-24-31-55)92-47-43-63(80)76(13)14)52-89-68(85)72(7,8)56-25-17-18-32-60(40-39-56)93-48-44-64(81)77(15)16/h53-60H,17-52H2,1-16H3. The molecule has 93 heavy (non-hydrogen) atoms. The molecule has 2 unspecified atom stereocenters. The Balaban J connectivity index is 1.66. The topological polar surface area (TPSA) is 186 Å². The highest BCUT2D eigenvalue weighted by molar-refractivity contribution is 8.00. The van der Waals surface area contributed by atoms with Gasteiger partial charge in [0.2, 0.25) is 23.6 Å². The van der Waals surface area contributed by atoms with Crippen LogP contribution in [0.2, 0.25) is 0 Å². The molecule has 4 saturated carbocycles. The molecule has 0 N–H and O–H groups in total. The van der Waals surface area contributed by atoms with E-state index in [-0.39, 0.29) is 73.7 Å². The molecule has 4 rings (SSSR count).